The summed E-state index contributed by atoms with van der Waals surface area (Å²) in [6, 6.07) is 0. The molecule has 1 aliphatic rings. The van der Waals surface area contributed by atoms with Gasteiger partial charge in [0, 0.05) is 13.0 Å². The minimum atomic E-state index is 0.272. The predicted octanol–water partition coefficient (Wildman–Crippen LogP) is 3.41. The molecule has 0 aromatic carbocycles. The molecule has 1 rings (SSSR count). The van der Waals surface area contributed by atoms with Crippen molar-refractivity contribution in [3.05, 3.63) is 0 Å². The molecule has 3 nitrogen and oxygen atoms in total. The average molecular weight is 258 g/mol. The van der Waals surface area contributed by atoms with Crippen molar-refractivity contribution in [1.82, 2.24) is 0 Å². The highest BCUT2D eigenvalue weighted by atomic mass is 16.6. The third kappa shape index (κ3) is 6.17. The second-order valence-electron chi connectivity index (χ2n) is 5.94. The largest absolute Gasteiger partial charge is 0.375 e. The van der Waals surface area contributed by atoms with Gasteiger partial charge in [-0.15, -0.1) is 0 Å². The summed E-state index contributed by atoms with van der Waals surface area (Å²) in [6.07, 6.45) is 4.26. The Morgan fingerprint density at radius 2 is 1.89 bits per heavy atom. The minimum Gasteiger partial charge on any atom is -0.375 e. The topological polar surface area (TPSA) is 27.7 Å². The SMILES string of the molecule is CC[C@H](C)OC(C)CC1C[C@@H](OCC(C)C)CO1. The lowest BCUT2D eigenvalue weighted by molar-refractivity contribution is -0.0256. The van der Waals surface area contributed by atoms with Gasteiger partial charge in [0.2, 0.25) is 0 Å². The van der Waals surface area contributed by atoms with Crippen LogP contribution < -0.4 is 0 Å². The summed E-state index contributed by atoms with van der Waals surface area (Å²) in [4.78, 5) is 0. The number of hydrogen-bond acceptors (Lipinski definition) is 3. The zero-order valence-electron chi connectivity index (χ0n) is 12.6. The zero-order valence-corrected chi connectivity index (χ0v) is 12.6. The van der Waals surface area contributed by atoms with Crippen LogP contribution in [-0.4, -0.2) is 37.6 Å². The van der Waals surface area contributed by atoms with Crippen LogP contribution in [0.4, 0.5) is 0 Å². The molecule has 0 N–H and O–H groups in total. The van der Waals surface area contributed by atoms with Crippen LogP contribution >= 0.6 is 0 Å². The van der Waals surface area contributed by atoms with Crippen molar-refractivity contribution in [2.75, 3.05) is 13.2 Å². The Labute approximate surface area is 112 Å². The maximum Gasteiger partial charge on any atom is 0.0833 e. The lowest BCUT2D eigenvalue weighted by atomic mass is 10.1. The Hall–Kier alpha value is -0.120. The third-order valence-electron chi connectivity index (χ3n) is 3.34. The van der Waals surface area contributed by atoms with Crippen LogP contribution in [0.1, 0.15) is 53.9 Å². The average Bonchev–Trinajstić information content (AvgIpc) is 2.73. The zero-order chi connectivity index (χ0) is 13.5. The van der Waals surface area contributed by atoms with Crippen molar-refractivity contribution in [3.8, 4) is 0 Å². The Morgan fingerprint density at radius 1 is 1.17 bits per heavy atom. The monoisotopic (exact) mass is 258 g/mol. The fourth-order valence-corrected chi connectivity index (χ4v) is 2.20. The van der Waals surface area contributed by atoms with Crippen LogP contribution in [0.25, 0.3) is 0 Å². The first-order valence-electron chi connectivity index (χ1n) is 7.39. The van der Waals surface area contributed by atoms with Gasteiger partial charge in [-0.25, -0.2) is 0 Å². The van der Waals surface area contributed by atoms with Crippen LogP contribution in [0.3, 0.4) is 0 Å². The van der Waals surface area contributed by atoms with Gasteiger partial charge in [-0.2, -0.15) is 0 Å². The molecule has 0 spiro atoms. The van der Waals surface area contributed by atoms with Crippen LogP contribution in [-0.2, 0) is 14.2 Å². The van der Waals surface area contributed by atoms with E-state index >= 15 is 0 Å². The first-order valence-corrected chi connectivity index (χ1v) is 7.39. The van der Waals surface area contributed by atoms with Crippen molar-refractivity contribution < 1.29 is 14.2 Å². The summed E-state index contributed by atoms with van der Waals surface area (Å²) in [5.74, 6) is 0.594. The van der Waals surface area contributed by atoms with Crippen molar-refractivity contribution >= 4 is 0 Å². The van der Waals surface area contributed by atoms with Gasteiger partial charge >= 0.3 is 0 Å². The van der Waals surface area contributed by atoms with Gasteiger partial charge in [-0.05, 0) is 32.6 Å². The summed E-state index contributed by atoms with van der Waals surface area (Å²) < 4.78 is 17.5. The van der Waals surface area contributed by atoms with E-state index in [0.29, 0.717) is 18.1 Å². The molecule has 2 unspecified atom stereocenters. The van der Waals surface area contributed by atoms with Crippen molar-refractivity contribution in [2.24, 2.45) is 5.92 Å². The molecule has 0 aliphatic carbocycles. The first kappa shape index (κ1) is 15.9. The molecule has 1 saturated heterocycles. The molecule has 0 amide bonds. The molecule has 1 aliphatic heterocycles. The van der Waals surface area contributed by atoms with Crippen molar-refractivity contribution in [2.45, 2.75) is 78.3 Å². The second kappa shape index (κ2) is 8.13. The molecular weight excluding hydrogens is 228 g/mol. The lowest BCUT2D eigenvalue weighted by Crippen LogP contribution is -2.22. The van der Waals surface area contributed by atoms with E-state index < -0.39 is 0 Å². The highest BCUT2D eigenvalue weighted by molar-refractivity contribution is 4.76. The van der Waals surface area contributed by atoms with Gasteiger partial charge in [-0.3, -0.25) is 0 Å². The quantitative estimate of drug-likeness (QED) is 0.668. The van der Waals surface area contributed by atoms with Crippen molar-refractivity contribution in [1.29, 1.82) is 0 Å². The van der Waals surface area contributed by atoms with Crippen LogP contribution in [0, 0.1) is 5.92 Å². The summed E-state index contributed by atoms with van der Waals surface area (Å²) in [6.45, 7) is 12.3. The van der Waals surface area contributed by atoms with E-state index in [1.807, 2.05) is 0 Å². The number of rotatable bonds is 8. The lowest BCUT2D eigenvalue weighted by Gasteiger charge is -2.20. The molecule has 0 saturated carbocycles. The molecule has 3 heteroatoms. The van der Waals surface area contributed by atoms with Gasteiger partial charge in [0.05, 0.1) is 31.0 Å². The van der Waals surface area contributed by atoms with E-state index in [1.54, 1.807) is 0 Å². The molecule has 0 aromatic heterocycles. The molecule has 0 radical (unpaired) electrons. The molecule has 0 aromatic rings. The molecule has 4 atom stereocenters. The van der Waals surface area contributed by atoms with Crippen LogP contribution in [0.5, 0.6) is 0 Å². The predicted molar refractivity (Wildman–Crippen MR) is 73.9 cm³/mol. The van der Waals surface area contributed by atoms with E-state index in [0.717, 1.165) is 32.5 Å². The molecule has 0 bridgehead atoms. The highest BCUT2D eigenvalue weighted by Gasteiger charge is 2.28. The van der Waals surface area contributed by atoms with Crippen LogP contribution in [0.15, 0.2) is 0 Å². The fraction of sp³-hybridized carbons (Fsp3) is 1.00. The Balaban J connectivity index is 2.17. The maximum atomic E-state index is 5.87. The maximum absolute atomic E-state index is 5.87. The Morgan fingerprint density at radius 3 is 2.50 bits per heavy atom. The van der Waals surface area contributed by atoms with E-state index in [4.69, 9.17) is 14.2 Å². The molecule has 108 valence electrons. The van der Waals surface area contributed by atoms with Gasteiger partial charge < -0.3 is 14.2 Å². The van der Waals surface area contributed by atoms with E-state index in [-0.39, 0.29) is 12.2 Å². The van der Waals surface area contributed by atoms with Gasteiger partial charge in [0.1, 0.15) is 0 Å². The summed E-state index contributed by atoms with van der Waals surface area (Å²) in [7, 11) is 0. The summed E-state index contributed by atoms with van der Waals surface area (Å²) in [5, 5.41) is 0. The van der Waals surface area contributed by atoms with E-state index in [9.17, 15) is 0 Å². The summed E-state index contributed by atoms with van der Waals surface area (Å²) in [5.41, 5.74) is 0. The minimum absolute atomic E-state index is 0.272. The third-order valence-corrected chi connectivity index (χ3v) is 3.34. The smallest absolute Gasteiger partial charge is 0.0833 e. The number of ether oxygens (including phenoxy) is 3. The van der Waals surface area contributed by atoms with E-state index in [1.165, 1.54) is 0 Å². The molecular formula is C15H30O3. The van der Waals surface area contributed by atoms with Gasteiger partial charge in [0.25, 0.3) is 0 Å². The molecule has 1 fully saturated rings. The van der Waals surface area contributed by atoms with Gasteiger partial charge in [0.15, 0.2) is 0 Å². The first-order chi connectivity index (χ1) is 8.51. The molecule has 18 heavy (non-hydrogen) atoms. The Kier molecular flexibility index (Phi) is 7.20. The van der Waals surface area contributed by atoms with Crippen LogP contribution in [0.2, 0.25) is 0 Å². The normalized spacial score (nSPS) is 27.7. The standard InChI is InChI=1S/C15H30O3/c1-6-12(4)18-13(5)7-14-8-15(10-17-14)16-9-11(2)3/h11-15H,6-10H2,1-5H3/t12-,13?,14?,15+/m0/s1. The number of hydrogen-bond donors (Lipinski definition) is 0. The van der Waals surface area contributed by atoms with Gasteiger partial charge in [-0.1, -0.05) is 20.8 Å². The highest BCUT2D eigenvalue weighted by Crippen LogP contribution is 2.22. The van der Waals surface area contributed by atoms with Crippen molar-refractivity contribution in [3.63, 3.8) is 0 Å². The van der Waals surface area contributed by atoms with E-state index in [2.05, 4.69) is 34.6 Å². The Bertz CT molecular complexity index is 218. The second-order valence-corrected chi connectivity index (χ2v) is 5.94. The molecule has 1 heterocycles. The summed E-state index contributed by atoms with van der Waals surface area (Å²) >= 11 is 0. The fourth-order valence-electron chi connectivity index (χ4n) is 2.20.